The second-order valence-electron chi connectivity index (χ2n) is 4.63. The molecule has 0 aliphatic carbocycles. The van der Waals surface area contributed by atoms with E-state index in [-0.39, 0.29) is 6.10 Å². The third-order valence-electron chi connectivity index (χ3n) is 2.68. The first-order valence-electron chi connectivity index (χ1n) is 7.44. The zero-order valence-corrected chi connectivity index (χ0v) is 12.7. The lowest BCUT2D eigenvalue weighted by Gasteiger charge is -2.08. The molecule has 0 radical (unpaired) electrons. The first kappa shape index (κ1) is 17.9. The van der Waals surface area contributed by atoms with Gasteiger partial charge < -0.3 is 28.2 Å². The molecule has 0 aromatic rings. The van der Waals surface area contributed by atoms with Gasteiger partial charge in [0.05, 0.1) is 52.4 Å². The van der Waals surface area contributed by atoms with Crippen LogP contribution in [0.25, 0.3) is 0 Å². The molecule has 0 spiro atoms. The Morgan fingerprint density at radius 1 is 0.950 bits per heavy atom. The fourth-order valence-corrected chi connectivity index (χ4v) is 1.56. The summed E-state index contributed by atoms with van der Waals surface area (Å²) in [5.74, 6) is 0. The molecule has 6 nitrogen and oxygen atoms in total. The molecule has 0 aromatic carbocycles. The second-order valence-corrected chi connectivity index (χ2v) is 4.63. The Bertz CT molecular complexity index is 219. The molecule has 0 bridgehead atoms. The van der Waals surface area contributed by atoms with Crippen molar-refractivity contribution in [3.63, 3.8) is 0 Å². The lowest BCUT2D eigenvalue weighted by Crippen LogP contribution is -2.23. The van der Waals surface area contributed by atoms with Crippen molar-refractivity contribution in [2.45, 2.75) is 32.8 Å². The van der Waals surface area contributed by atoms with Gasteiger partial charge in [-0.2, -0.15) is 0 Å². The standard InChI is InChI=1S/C13H27BO6/c1-3-4-5-15-6-7-16-8-9-17-10-11-18-14-19-12-13(2)20-14/h13H,3-12H2,1-2H3. The highest BCUT2D eigenvalue weighted by atomic mass is 16.8. The van der Waals surface area contributed by atoms with Gasteiger partial charge in [-0.3, -0.25) is 0 Å². The molecular formula is C13H27BO6. The van der Waals surface area contributed by atoms with Gasteiger partial charge in [0.25, 0.3) is 0 Å². The van der Waals surface area contributed by atoms with Crippen molar-refractivity contribution in [1.29, 1.82) is 0 Å². The van der Waals surface area contributed by atoms with E-state index in [0.29, 0.717) is 46.2 Å². The van der Waals surface area contributed by atoms with Crippen LogP contribution in [0.15, 0.2) is 0 Å². The molecule has 1 fully saturated rings. The van der Waals surface area contributed by atoms with Crippen LogP contribution in [0.1, 0.15) is 26.7 Å². The summed E-state index contributed by atoms with van der Waals surface area (Å²) >= 11 is 0. The zero-order valence-electron chi connectivity index (χ0n) is 12.7. The summed E-state index contributed by atoms with van der Waals surface area (Å²) in [7, 11) is -0.537. The molecule has 20 heavy (non-hydrogen) atoms. The molecule has 0 aromatic heterocycles. The summed E-state index contributed by atoms with van der Waals surface area (Å²) in [6, 6.07) is 0. The van der Waals surface area contributed by atoms with Crippen molar-refractivity contribution in [2.75, 3.05) is 52.9 Å². The summed E-state index contributed by atoms with van der Waals surface area (Å²) in [6.07, 6.45) is 2.37. The van der Waals surface area contributed by atoms with Gasteiger partial charge in [0.2, 0.25) is 0 Å². The highest BCUT2D eigenvalue weighted by molar-refractivity contribution is 6.37. The van der Waals surface area contributed by atoms with Crippen molar-refractivity contribution in [3.8, 4) is 0 Å². The SMILES string of the molecule is CCCCOCCOCCOCCOB1OCC(C)O1. The van der Waals surface area contributed by atoms with E-state index in [0.717, 1.165) is 19.4 Å². The molecule has 1 unspecified atom stereocenters. The van der Waals surface area contributed by atoms with Gasteiger partial charge in [-0.1, -0.05) is 13.3 Å². The molecule has 0 N–H and O–H groups in total. The van der Waals surface area contributed by atoms with E-state index in [1.807, 2.05) is 6.92 Å². The van der Waals surface area contributed by atoms with E-state index < -0.39 is 7.32 Å². The Labute approximate surface area is 122 Å². The Hall–Kier alpha value is -0.175. The van der Waals surface area contributed by atoms with Gasteiger partial charge in [0, 0.05) is 6.61 Å². The summed E-state index contributed by atoms with van der Waals surface area (Å²) in [5.41, 5.74) is 0. The van der Waals surface area contributed by atoms with Crippen LogP contribution in [-0.2, 0) is 28.2 Å². The number of hydrogen-bond acceptors (Lipinski definition) is 6. The Morgan fingerprint density at radius 2 is 1.55 bits per heavy atom. The maximum Gasteiger partial charge on any atom is 0.639 e. The third kappa shape index (κ3) is 9.69. The summed E-state index contributed by atoms with van der Waals surface area (Å²) < 4.78 is 32.0. The van der Waals surface area contributed by atoms with Crippen molar-refractivity contribution >= 4 is 7.32 Å². The highest BCUT2D eigenvalue weighted by Crippen LogP contribution is 2.07. The van der Waals surface area contributed by atoms with Gasteiger partial charge in [0.15, 0.2) is 0 Å². The molecule has 7 heteroatoms. The molecule has 0 saturated carbocycles. The van der Waals surface area contributed by atoms with Crippen LogP contribution in [0.5, 0.6) is 0 Å². The van der Waals surface area contributed by atoms with E-state index >= 15 is 0 Å². The maximum atomic E-state index is 5.37. The minimum Gasteiger partial charge on any atom is -0.383 e. The molecular weight excluding hydrogens is 263 g/mol. The minimum absolute atomic E-state index is 0.105. The zero-order chi connectivity index (χ0) is 14.5. The average Bonchev–Trinajstić information content (AvgIpc) is 2.86. The topological polar surface area (TPSA) is 55.4 Å². The van der Waals surface area contributed by atoms with Crippen LogP contribution in [0, 0.1) is 0 Å². The first-order chi connectivity index (χ1) is 9.83. The Kier molecular flexibility index (Phi) is 11.2. The van der Waals surface area contributed by atoms with Gasteiger partial charge in [-0.15, -0.1) is 0 Å². The molecule has 1 aliphatic rings. The van der Waals surface area contributed by atoms with Crippen LogP contribution in [0.3, 0.4) is 0 Å². The molecule has 0 amide bonds. The monoisotopic (exact) mass is 290 g/mol. The predicted octanol–water partition coefficient (Wildman–Crippen LogP) is 1.27. The molecule has 1 rings (SSSR count). The fraction of sp³-hybridized carbons (Fsp3) is 1.00. The Balaban J connectivity index is 1.70. The van der Waals surface area contributed by atoms with Crippen LogP contribution < -0.4 is 0 Å². The van der Waals surface area contributed by atoms with E-state index in [9.17, 15) is 0 Å². The van der Waals surface area contributed by atoms with Crippen LogP contribution in [-0.4, -0.2) is 66.3 Å². The fourth-order valence-electron chi connectivity index (χ4n) is 1.56. The van der Waals surface area contributed by atoms with Gasteiger partial charge in [0.1, 0.15) is 0 Å². The predicted molar refractivity (Wildman–Crippen MR) is 75.6 cm³/mol. The number of ether oxygens (including phenoxy) is 3. The van der Waals surface area contributed by atoms with E-state index in [4.69, 9.17) is 28.2 Å². The van der Waals surface area contributed by atoms with Gasteiger partial charge in [-0.05, 0) is 13.3 Å². The number of rotatable bonds is 13. The average molecular weight is 290 g/mol. The third-order valence-corrected chi connectivity index (χ3v) is 2.68. The summed E-state index contributed by atoms with van der Waals surface area (Å²) in [6.45, 7) is 8.85. The van der Waals surface area contributed by atoms with Gasteiger partial charge in [-0.25, -0.2) is 0 Å². The van der Waals surface area contributed by atoms with E-state index in [1.165, 1.54) is 0 Å². The van der Waals surface area contributed by atoms with Crippen molar-refractivity contribution in [2.24, 2.45) is 0 Å². The number of hydrogen-bond donors (Lipinski definition) is 0. The maximum absolute atomic E-state index is 5.37. The van der Waals surface area contributed by atoms with Crippen LogP contribution in [0.2, 0.25) is 0 Å². The van der Waals surface area contributed by atoms with Crippen LogP contribution >= 0.6 is 0 Å². The second kappa shape index (κ2) is 12.6. The molecule has 1 saturated heterocycles. The normalized spacial score (nSPS) is 18.9. The molecule has 118 valence electrons. The van der Waals surface area contributed by atoms with Crippen molar-refractivity contribution in [3.05, 3.63) is 0 Å². The Morgan fingerprint density at radius 3 is 2.10 bits per heavy atom. The molecule has 1 aliphatic heterocycles. The van der Waals surface area contributed by atoms with E-state index in [1.54, 1.807) is 0 Å². The molecule has 1 atom stereocenters. The molecule has 1 heterocycles. The smallest absolute Gasteiger partial charge is 0.383 e. The lowest BCUT2D eigenvalue weighted by atomic mass is 10.2. The first-order valence-corrected chi connectivity index (χ1v) is 7.44. The minimum atomic E-state index is -0.537. The van der Waals surface area contributed by atoms with Crippen molar-refractivity contribution < 1.29 is 28.2 Å². The summed E-state index contributed by atoms with van der Waals surface area (Å²) in [5, 5.41) is 0. The van der Waals surface area contributed by atoms with Crippen LogP contribution in [0.4, 0.5) is 0 Å². The van der Waals surface area contributed by atoms with Gasteiger partial charge >= 0.3 is 7.32 Å². The highest BCUT2D eigenvalue weighted by Gasteiger charge is 2.31. The van der Waals surface area contributed by atoms with E-state index in [2.05, 4.69) is 6.92 Å². The number of unbranched alkanes of at least 4 members (excludes halogenated alkanes) is 1. The lowest BCUT2D eigenvalue weighted by molar-refractivity contribution is 0.00576. The van der Waals surface area contributed by atoms with Crippen molar-refractivity contribution in [1.82, 2.24) is 0 Å². The largest absolute Gasteiger partial charge is 0.639 e. The quantitative estimate of drug-likeness (QED) is 0.376. The summed E-state index contributed by atoms with van der Waals surface area (Å²) in [4.78, 5) is 0.